The summed E-state index contributed by atoms with van der Waals surface area (Å²) in [6.45, 7) is 107. The Hall–Kier alpha value is -5.21. The Labute approximate surface area is 661 Å². The van der Waals surface area contributed by atoms with Gasteiger partial charge in [0.25, 0.3) is 0 Å². The fourth-order valence-corrected chi connectivity index (χ4v) is 15.8. The van der Waals surface area contributed by atoms with Crippen LogP contribution in [0.15, 0.2) is 72.8 Å². The summed E-state index contributed by atoms with van der Waals surface area (Å²) in [6.07, 6.45) is 0. The molecule has 0 aliphatic carbocycles. The number of esters is 1. The maximum Gasteiger partial charge on any atom is 0.337 e. The first kappa shape index (κ1) is 101. The van der Waals surface area contributed by atoms with E-state index in [0.29, 0.717) is 76.6 Å². The van der Waals surface area contributed by atoms with Crippen LogP contribution in [0.25, 0.3) is 0 Å². The van der Waals surface area contributed by atoms with Crippen LogP contribution in [-0.2, 0) is 37.2 Å². The summed E-state index contributed by atoms with van der Waals surface area (Å²) in [7, 11) is 1.43. The minimum absolute atomic E-state index is 0. The van der Waals surface area contributed by atoms with Crippen LogP contribution < -0.4 is 0 Å². The number of aryl methyl sites for hydroxylation is 5. The third-order valence-electron chi connectivity index (χ3n) is 20.3. The number of rotatable bonds is 13. The van der Waals surface area contributed by atoms with E-state index in [-0.39, 0.29) is 45.9 Å². The van der Waals surface area contributed by atoms with Gasteiger partial charge in [0, 0.05) is 0 Å². The fourth-order valence-electron chi connectivity index (χ4n) is 15.8. The summed E-state index contributed by atoms with van der Waals surface area (Å²) in [5, 5.41) is 0. The molecule has 0 saturated carbocycles. The van der Waals surface area contributed by atoms with Crippen LogP contribution >= 0.6 is 0 Å². The van der Waals surface area contributed by atoms with Crippen molar-refractivity contribution in [3.05, 3.63) is 206 Å². The smallest absolute Gasteiger partial charge is 0.337 e. The monoisotopic (exact) mass is 1450 g/mol. The minimum atomic E-state index is -0.255. The van der Waals surface area contributed by atoms with E-state index in [0.717, 1.165) is 0 Å². The SMILES string of the molecule is C.COC(=O)c1cc(C(C)C)c(C(C)(C)C)c(C(C)C)c1.Cc1cc(C(C)C)c(C(C)(C)C)c(C(C)C)c1.Cc1cc(C(C)C)c(C(C)(C)C)c(C(C)C)c1.Cc1cc(C(C)C)c(C(C)(C)C)c(C(C)C)c1.Cc1cc(C(C)C)c(C(C)(C)C)c(C(C)C)c1.Cc1cc(C(C)C)c(C(C)(C)C)c(C(C)C)c1. The van der Waals surface area contributed by atoms with Crippen LogP contribution in [0.5, 0.6) is 0 Å². The molecule has 106 heavy (non-hydrogen) atoms. The van der Waals surface area contributed by atoms with Gasteiger partial charge in [-0.1, -0.05) is 387 Å². The lowest BCUT2D eigenvalue weighted by atomic mass is 9.75. The highest BCUT2D eigenvalue weighted by Crippen LogP contribution is 2.44. The fraction of sp³-hybridized carbons (Fsp3) is 0.644. The molecule has 6 rings (SSSR count). The van der Waals surface area contributed by atoms with Crippen molar-refractivity contribution in [2.45, 2.75) is 436 Å². The molecule has 600 valence electrons. The Morgan fingerprint density at radius 3 is 0.387 bits per heavy atom. The molecule has 0 saturated heterocycles. The van der Waals surface area contributed by atoms with Gasteiger partial charge in [-0.2, -0.15) is 0 Å². The standard InChI is InChI=1S/C18H28O2.5C17H28.CH4/c1-11(2)14-9-13(17(19)20-8)10-15(12(3)4)16(14)18(5,6)7;5*1-11(2)14-9-13(5)10-15(12(3)4)16(14)17(6,7)8;/h9-12H,1-8H3;5*9-12H,1-8H3;1H4. The zero-order chi connectivity index (χ0) is 82.6. The summed E-state index contributed by atoms with van der Waals surface area (Å²) in [4.78, 5) is 11.9. The van der Waals surface area contributed by atoms with Crippen LogP contribution in [0.4, 0.5) is 0 Å². The first-order chi connectivity index (χ1) is 47.3. The minimum Gasteiger partial charge on any atom is -0.465 e. The average molecular weight is 1450 g/mol. The number of ether oxygens (including phenoxy) is 1. The molecule has 0 aliphatic heterocycles. The zero-order valence-electron chi connectivity index (χ0n) is 78.2. The number of hydrogen-bond donors (Lipinski definition) is 0. The van der Waals surface area contributed by atoms with Gasteiger partial charge in [0.1, 0.15) is 0 Å². The Kier molecular flexibility index (Phi) is 38.6. The summed E-state index contributed by atoms with van der Waals surface area (Å²) >= 11 is 0. The Morgan fingerprint density at radius 2 is 0.311 bits per heavy atom. The van der Waals surface area contributed by atoms with E-state index in [1.165, 1.54) is 107 Å². The molecule has 0 heterocycles. The molecule has 0 atom stereocenters. The lowest BCUT2D eigenvalue weighted by Crippen LogP contribution is -2.20. The topological polar surface area (TPSA) is 26.3 Å². The van der Waals surface area contributed by atoms with Gasteiger partial charge < -0.3 is 4.74 Å². The highest BCUT2D eigenvalue weighted by molar-refractivity contribution is 5.90. The van der Waals surface area contributed by atoms with Crippen molar-refractivity contribution in [3.8, 4) is 0 Å². The Morgan fingerprint density at radius 1 is 0.217 bits per heavy atom. The molecule has 0 aromatic heterocycles. The van der Waals surface area contributed by atoms with Crippen LogP contribution in [0, 0.1) is 34.6 Å². The quantitative estimate of drug-likeness (QED) is 0.108. The highest BCUT2D eigenvalue weighted by Gasteiger charge is 2.31. The molecule has 0 fully saturated rings. The first-order valence-corrected chi connectivity index (χ1v) is 41.3. The van der Waals surface area contributed by atoms with Gasteiger partial charge >= 0.3 is 5.97 Å². The van der Waals surface area contributed by atoms with Crippen molar-refractivity contribution < 1.29 is 9.53 Å². The maximum atomic E-state index is 11.9. The summed E-state index contributed by atoms with van der Waals surface area (Å²) in [5.41, 5.74) is 35.8. The van der Waals surface area contributed by atoms with Gasteiger partial charge in [-0.05, 0) is 250 Å². The van der Waals surface area contributed by atoms with Gasteiger partial charge in [-0.25, -0.2) is 4.79 Å². The number of benzene rings is 6. The van der Waals surface area contributed by atoms with Crippen molar-refractivity contribution in [3.63, 3.8) is 0 Å². The van der Waals surface area contributed by atoms with Gasteiger partial charge in [0.05, 0.1) is 12.7 Å². The Balaban J connectivity index is 0.00000125. The van der Waals surface area contributed by atoms with E-state index in [1.54, 1.807) is 27.8 Å². The molecule has 0 amide bonds. The van der Waals surface area contributed by atoms with Crippen LogP contribution in [0.2, 0.25) is 0 Å². The van der Waals surface area contributed by atoms with E-state index in [1.807, 2.05) is 12.1 Å². The second-order valence-electron chi connectivity index (χ2n) is 41.5. The van der Waals surface area contributed by atoms with Gasteiger partial charge in [0.2, 0.25) is 0 Å². The molecule has 0 aliphatic rings. The molecule has 6 aromatic carbocycles. The van der Waals surface area contributed by atoms with Gasteiger partial charge in [-0.3, -0.25) is 0 Å². The number of methoxy groups -OCH3 is 1. The Bertz CT molecular complexity index is 3070. The molecule has 0 N–H and O–H groups in total. The van der Waals surface area contributed by atoms with E-state index in [9.17, 15) is 4.79 Å². The third kappa shape index (κ3) is 28.9. The number of carbonyl (C=O) groups excluding carboxylic acids is 1. The van der Waals surface area contributed by atoms with E-state index in [2.05, 4.69) is 386 Å². The highest BCUT2D eigenvalue weighted by atomic mass is 16.5. The lowest BCUT2D eigenvalue weighted by molar-refractivity contribution is 0.0600. The van der Waals surface area contributed by atoms with Gasteiger partial charge in [-0.15, -0.1) is 0 Å². The summed E-state index contributed by atoms with van der Waals surface area (Å²) in [5.74, 6) is 6.49. The molecular weight excluding hydrogens is 1280 g/mol. The van der Waals surface area contributed by atoms with Crippen molar-refractivity contribution in [2.24, 2.45) is 0 Å². The predicted octanol–water partition coefficient (Wildman–Crippen LogP) is 33.4. The normalized spacial score (nSPS) is 12.4. The van der Waals surface area contributed by atoms with Crippen LogP contribution in [-0.4, -0.2) is 13.1 Å². The molecule has 6 aromatic rings. The zero-order valence-corrected chi connectivity index (χ0v) is 78.2. The first-order valence-electron chi connectivity index (χ1n) is 41.3. The summed E-state index contributed by atoms with van der Waals surface area (Å²) < 4.78 is 4.89. The van der Waals surface area contributed by atoms with Crippen molar-refractivity contribution in [2.75, 3.05) is 7.11 Å². The number of carbonyl (C=O) groups is 1. The van der Waals surface area contributed by atoms with Gasteiger partial charge in [0.15, 0.2) is 0 Å². The van der Waals surface area contributed by atoms with Crippen molar-refractivity contribution in [1.82, 2.24) is 0 Å². The number of hydrogen-bond acceptors (Lipinski definition) is 2. The largest absolute Gasteiger partial charge is 0.465 e. The lowest BCUT2D eigenvalue weighted by Gasteiger charge is -2.30. The second kappa shape index (κ2) is 40.6. The molecule has 2 heteroatoms. The van der Waals surface area contributed by atoms with E-state index in [4.69, 9.17) is 4.74 Å². The molecule has 0 spiro atoms. The van der Waals surface area contributed by atoms with E-state index >= 15 is 0 Å². The molecule has 0 radical (unpaired) electrons. The maximum absolute atomic E-state index is 11.9. The van der Waals surface area contributed by atoms with Crippen LogP contribution in [0.3, 0.4) is 0 Å². The molecule has 2 nitrogen and oxygen atoms in total. The molecule has 0 unspecified atom stereocenters. The summed E-state index contributed by atoms with van der Waals surface area (Å²) in [6, 6.07) is 27.7. The second-order valence-corrected chi connectivity index (χ2v) is 41.5. The average Bonchev–Trinajstić information content (AvgIpc) is 0.820. The van der Waals surface area contributed by atoms with Crippen molar-refractivity contribution in [1.29, 1.82) is 0 Å². The molecular formula is C104H172O2. The van der Waals surface area contributed by atoms with Crippen LogP contribution in [0.1, 0.15) is 508 Å². The van der Waals surface area contributed by atoms with E-state index < -0.39 is 0 Å². The van der Waals surface area contributed by atoms with Crippen molar-refractivity contribution >= 4 is 5.97 Å². The third-order valence-corrected chi connectivity index (χ3v) is 20.3. The predicted molar refractivity (Wildman–Crippen MR) is 482 cm³/mol. The molecule has 0 bridgehead atoms.